The van der Waals surface area contributed by atoms with Crippen molar-refractivity contribution in [3.8, 4) is 5.75 Å². The fraction of sp³-hybridized carbons (Fsp3) is 0.595. The lowest BCUT2D eigenvalue weighted by Gasteiger charge is -2.62. The van der Waals surface area contributed by atoms with Crippen molar-refractivity contribution < 1.29 is 39.2 Å². The summed E-state index contributed by atoms with van der Waals surface area (Å²) in [5.74, 6) is -1.07. The van der Waals surface area contributed by atoms with E-state index in [1.165, 1.54) is 0 Å². The number of aromatic hydroxyl groups is 1. The molecule has 1 aromatic carbocycles. The summed E-state index contributed by atoms with van der Waals surface area (Å²) in [4.78, 5) is 52.9. The molecule has 3 aliphatic heterocycles. The standard InChI is InChI=1S/C42H59N7O8/c1-24-31(41(4)11-10-36(52)42(5,23-50)35(41)22-32(24)46-26(3)38(54)49-14-16-56-17-15-49)21-33(45-25(2)37(53)47-40-43-12-13-44-40)30-20-29(57-39(30)55)18-27-8-9-28(48(6)7)19-34(27)51/h8-9,12,18-20,25-26,31-33,35-36,45-46,50-52H,1,10-11,13-17,21-23H2,2-7H3,(H,44,47,53)/b29-18+/t25?,26?,31?,32?,33?,35?,36-,41-,42+/m1/s1. The van der Waals surface area contributed by atoms with Crippen LogP contribution in [0.1, 0.15) is 58.9 Å². The molecule has 2 saturated carbocycles. The van der Waals surface area contributed by atoms with E-state index in [1.807, 2.05) is 38.9 Å². The van der Waals surface area contributed by atoms with E-state index in [9.17, 15) is 29.7 Å². The number of cyclic esters (lactones) is 1. The Balaban J connectivity index is 1.36. The highest BCUT2D eigenvalue weighted by atomic mass is 16.5. The molecule has 15 nitrogen and oxygen atoms in total. The van der Waals surface area contributed by atoms with Gasteiger partial charge in [0.1, 0.15) is 11.5 Å². The number of hydrogen-bond donors (Lipinski definition) is 6. The molecule has 1 aromatic rings. The lowest BCUT2D eigenvalue weighted by molar-refractivity contribution is -0.157. The number of aliphatic hydroxyl groups excluding tert-OH is 2. The van der Waals surface area contributed by atoms with Crippen LogP contribution in [-0.2, 0) is 23.9 Å². The minimum Gasteiger partial charge on any atom is -0.507 e. The Morgan fingerprint density at radius 2 is 1.91 bits per heavy atom. The summed E-state index contributed by atoms with van der Waals surface area (Å²) < 4.78 is 11.3. The van der Waals surface area contributed by atoms with Crippen LogP contribution < -0.4 is 20.9 Å². The Morgan fingerprint density at radius 1 is 1.18 bits per heavy atom. The number of aliphatic hydroxyl groups is 2. The second kappa shape index (κ2) is 17.2. The number of aliphatic imine (C=N–C) groups is 2. The second-order valence-electron chi connectivity index (χ2n) is 16.8. The summed E-state index contributed by atoms with van der Waals surface area (Å²) in [6.45, 7) is 14.4. The molecule has 6 rings (SSSR count). The van der Waals surface area contributed by atoms with Crippen LogP contribution >= 0.6 is 0 Å². The number of morpholine rings is 1. The van der Waals surface area contributed by atoms with Crippen molar-refractivity contribution in [1.29, 1.82) is 0 Å². The van der Waals surface area contributed by atoms with Gasteiger partial charge in [-0.15, -0.1) is 0 Å². The number of guanidine groups is 1. The molecule has 3 fully saturated rings. The average molecular weight is 790 g/mol. The van der Waals surface area contributed by atoms with Crippen LogP contribution in [0.25, 0.3) is 6.08 Å². The number of phenols is 1. The summed E-state index contributed by atoms with van der Waals surface area (Å²) in [7, 11) is 3.74. The van der Waals surface area contributed by atoms with Crippen LogP contribution in [0.2, 0.25) is 0 Å². The van der Waals surface area contributed by atoms with Crippen LogP contribution in [0, 0.1) is 22.7 Å². The number of rotatable bonds is 12. The molecule has 2 aliphatic carbocycles. The number of nitrogens with zero attached hydrogens (tertiary/aromatic N) is 4. The Hall–Kier alpha value is -4.41. The number of allylic oxidation sites excluding steroid dienone is 1. The number of phenolic OH excluding ortho intramolecular Hbond substituents is 1. The Labute approximate surface area is 335 Å². The van der Waals surface area contributed by atoms with Gasteiger partial charge in [-0.3, -0.25) is 25.5 Å². The Bertz CT molecular complexity index is 1850. The molecule has 6 unspecified atom stereocenters. The predicted molar refractivity (Wildman–Crippen MR) is 218 cm³/mol. The molecule has 5 aliphatic rings. The van der Waals surface area contributed by atoms with Crippen molar-refractivity contribution in [1.82, 2.24) is 20.9 Å². The number of amides is 2. The molecule has 310 valence electrons. The first kappa shape index (κ1) is 42.2. The molecule has 0 radical (unpaired) electrons. The number of carbonyl (C=O) groups excluding carboxylic acids is 3. The van der Waals surface area contributed by atoms with Crippen molar-refractivity contribution >= 4 is 41.7 Å². The quantitative estimate of drug-likeness (QED) is 0.134. The molecule has 1 saturated heterocycles. The molecule has 15 heteroatoms. The number of carbonyl (C=O) groups is 3. The van der Waals surface area contributed by atoms with Gasteiger partial charge in [0.25, 0.3) is 0 Å². The fourth-order valence-corrected chi connectivity index (χ4v) is 9.48. The highest BCUT2D eigenvalue weighted by Crippen LogP contribution is 2.62. The van der Waals surface area contributed by atoms with Gasteiger partial charge in [-0.05, 0) is 81.1 Å². The first-order valence-electron chi connectivity index (χ1n) is 20.0. The van der Waals surface area contributed by atoms with E-state index in [-0.39, 0.29) is 53.8 Å². The molecule has 0 spiro atoms. The van der Waals surface area contributed by atoms with E-state index in [4.69, 9.17) is 9.47 Å². The molecule has 6 N–H and O–H groups in total. The van der Waals surface area contributed by atoms with Crippen LogP contribution in [0.15, 0.2) is 57.7 Å². The molecule has 0 aromatic heterocycles. The van der Waals surface area contributed by atoms with Crippen molar-refractivity contribution in [2.24, 2.45) is 32.7 Å². The highest BCUT2D eigenvalue weighted by Gasteiger charge is 2.60. The molecule has 57 heavy (non-hydrogen) atoms. The lowest BCUT2D eigenvalue weighted by atomic mass is 9.45. The van der Waals surface area contributed by atoms with Gasteiger partial charge in [-0.2, -0.15) is 0 Å². The van der Waals surface area contributed by atoms with Gasteiger partial charge < -0.3 is 34.6 Å². The number of hydrogen-bond acceptors (Lipinski definition) is 13. The van der Waals surface area contributed by atoms with Crippen molar-refractivity contribution in [2.45, 2.75) is 83.6 Å². The summed E-state index contributed by atoms with van der Waals surface area (Å²) >= 11 is 0. The molecular formula is C42H59N7O8. The van der Waals surface area contributed by atoms with Crippen LogP contribution in [0.5, 0.6) is 5.75 Å². The second-order valence-corrected chi connectivity index (χ2v) is 16.8. The topological polar surface area (TPSA) is 198 Å². The van der Waals surface area contributed by atoms with Crippen LogP contribution in [0.4, 0.5) is 5.69 Å². The molecule has 2 amide bonds. The van der Waals surface area contributed by atoms with E-state index in [0.29, 0.717) is 69.7 Å². The van der Waals surface area contributed by atoms with Gasteiger partial charge in [0.15, 0.2) is 0 Å². The van der Waals surface area contributed by atoms with E-state index in [1.54, 1.807) is 42.3 Å². The van der Waals surface area contributed by atoms with Crippen molar-refractivity contribution in [3.63, 3.8) is 0 Å². The lowest BCUT2D eigenvalue weighted by Crippen LogP contribution is -2.63. The molecule has 0 bridgehead atoms. The minimum atomic E-state index is -0.854. The number of ether oxygens (including phenoxy) is 2. The van der Waals surface area contributed by atoms with E-state index in [0.717, 1.165) is 11.3 Å². The van der Waals surface area contributed by atoms with Gasteiger partial charge >= 0.3 is 5.97 Å². The monoisotopic (exact) mass is 789 g/mol. The number of fused-ring (bicyclic) bond motifs is 1. The van der Waals surface area contributed by atoms with E-state index < -0.39 is 41.0 Å². The summed E-state index contributed by atoms with van der Waals surface area (Å²) in [5.41, 5.74) is 1.06. The maximum atomic E-state index is 13.9. The third kappa shape index (κ3) is 8.72. The first-order valence-corrected chi connectivity index (χ1v) is 20.0. The van der Waals surface area contributed by atoms with E-state index in [2.05, 4.69) is 39.4 Å². The first-order chi connectivity index (χ1) is 27.0. The number of esters is 1. The van der Waals surface area contributed by atoms with Gasteiger partial charge in [0.2, 0.25) is 17.8 Å². The smallest absolute Gasteiger partial charge is 0.341 e. The molecule has 9 atom stereocenters. The normalized spacial score (nSPS) is 30.9. The van der Waals surface area contributed by atoms with Gasteiger partial charge in [0, 0.05) is 68.2 Å². The zero-order chi connectivity index (χ0) is 41.2. The van der Waals surface area contributed by atoms with Crippen molar-refractivity contribution in [2.75, 3.05) is 58.5 Å². The third-order valence-electron chi connectivity index (χ3n) is 13.0. The Kier molecular flexibility index (Phi) is 12.7. The minimum absolute atomic E-state index is 0.0211. The SMILES string of the molecule is C=C1C(NC(C)C(=O)N2CCOCC2)CC2[C@](C)(CC[C@@H](O)[C@@]2(C)CO)C1CC(NC(C)C(=O)NC1=NCC=N1)C1=C/C(=C\c2ccc(N(C)C)cc2O)OC1=O. The number of benzene rings is 1. The van der Waals surface area contributed by atoms with Crippen LogP contribution in [-0.4, -0.2) is 134 Å². The summed E-state index contributed by atoms with van der Waals surface area (Å²) in [5, 5.41) is 42.9. The Morgan fingerprint density at radius 3 is 2.56 bits per heavy atom. The van der Waals surface area contributed by atoms with Gasteiger partial charge in [-0.25, -0.2) is 14.8 Å². The molecular weight excluding hydrogens is 731 g/mol. The maximum absolute atomic E-state index is 13.9. The molecule has 3 heterocycles. The maximum Gasteiger partial charge on any atom is 0.341 e. The largest absolute Gasteiger partial charge is 0.507 e. The zero-order valence-corrected chi connectivity index (χ0v) is 34.0. The van der Waals surface area contributed by atoms with E-state index >= 15 is 0 Å². The number of anilines is 1. The summed E-state index contributed by atoms with van der Waals surface area (Å²) in [6.07, 6.45) is 6.03. The fourth-order valence-electron chi connectivity index (χ4n) is 9.48. The van der Waals surface area contributed by atoms with Gasteiger partial charge in [0.05, 0.1) is 50.1 Å². The van der Waals surface area contributed by atoms with Crippen molar-refractivity contribution in [3.05, 3.63) is 53.3 Å². The third-order valence-corrected chi connectivity index (χ3v) is 13.0. The average Bonchev–Trinajstić information content (AvgIpc) is 3.84. The zero-order valence-electron chi connectivity index (χ0n) is 34.0. The van der Waals surface area contributed by atoms with Gasteiger partial charge in [-0.1, -0.05) is 26.0 Å². The van der Waals surface area contributed by atoms with Crippen LogP contribution in [0.3, 0.4) is 0 Å². The summed E-state index contributed by atoms with van der Waals surface area (Å²) in [6, 6.07) is 2.76. The highest BCUT2D eigenvalue weighted by molar-refractivity contribution is 6.04. The number of nitrogens with one attached hydrogen (secondary N) is 3. The predicted octanol–water partition coefficient (Wildman–Crippen LogP) is 2.13.